The molecule has 1 aromatic carbocycles. The van der Waals surface area contributed by atoms with Gasteiger partial charge in [-0.3, -0.25) is 0 Å². The van der Waals surface area contributed by atoms with E-state index >= 15 is 0 Å². The van der Waals surface area contributed by atoms with Crippen LogP contribution in [0.3, 0.4) is 0 Å². The molecule has 0 unspecified atom stereocenters. The molecule has 96 valence electrons. The van der Waals surface area contributed by atoms with Gasteiger partial charge < -0.3 is 10.2 Å². The van der Waals surface area contributed by atoms with Gasteiger partial charge >= 0.3 is 0 Å². The molecule has 0 fully saturated rings. The number of phenolic OH excluding ortho intramolecular Hbond substituents is 2. The highest BCUT2D eigenvalue weighted by atomic mass is 16.3. The fraction of sp³-hybridized carbons (Fsp3) is 0.600. The smallest absolute Gasteiger partial charge is 0.160 e. The first kappa shape index (κ1) is 13.9. The molecule has 0 aliphatic carbocycles. The Labute approximate surface area is 104 Å². The van der Waals surface area contributed by atoms with Gasteiger partial charge in [-0.2, -0.15) is 0 Å². The van der Waals surface area contributed by atoms with E-state index in [9.17, 15) is 10.2 Å². The third-order valence-electron chi connectivity index (χ3n) is 3.47. The van der Waals surface area contributed by atoms with Crippen LogP contribution >= 0.6 is 0 Å². The molecule has 17 heavy (non-hydrogen) atoms. The van der Waals surface area contributed by atoms with Crippen molar-refractivity contribution < 1.29 is 10.2 Å². The van der Waals surface area contributed by atoms with Crippen LogP contribution in [0.5, 0.6) is 11.5 Å². The summed E-state index contributed by atoms with van der Waals surface area (Å²) in [5.74, 6) is -0.0123. The van der Waals surface area contributed by atoms with Crippen LogP contribution in [0.15, 0.2) is 12.1 Å². The average molecular weight is 236 g/mol. The molecule has 1 rings (SSSR count). The van der Waals surface area contributed by atoms with Gasteiger partial charge in [0, 0.05) is 0 Å². The molecule has 0 atom stereocenters. The van der Waals surface area contributed by atoms with Gasteiger partial charge in [-0.05, 0) is 36.0 Å². The predicted octanol–water partition coefficient (Wildman–Crippen LogP) is 4.26. The zero-order valence-electron chi connectivity index (χ0n) is 11.4. The number of aryl methyl sites for hydroxylation is 1. The van der Waals surface area contributed by atoms with E-state index < -0.39 is 0 Å². The highest BCUT2D eigenvalue weighted by Crippen LogP contribution is 2.37. The van der Waals surface area contributed by atoms with Crippen molar-refractivity contribution in [2.24, 2.45) is 0 Å². The number of hydrogen-bond donors (Lipinski definition) is 2. The molecular formula is C15H24O2. The Hall–Kier alpha value is -1.18. The van der Waals surface area contributed by atoms with Crippen molar-refractivity contribution >= 4 is 0 Å². The highest BCUT2D eigenvalue weighted by molar-refractivity contribution is 5.48. The first-order valence-corrected chi connectivity index (χ1v) is 6.41. The minimum Gasteiger partial charge on any atom is -0.504 e. The van der Waals surface area contributed by atoms with Crippen LogP contribution in [0, 0.1) is 6.92 Å². The molecule has 0 radical (unpaired) electrons. The second kappa shape index (κ2) is 5.44. The molecule has 0 spiro atoms. The highest BCUT2D eigenvalue weighted by Gasteiger charge is 2.22. The molecule has 0 aromatic heterocycles. The number of aromatic hydroxyl groups is 2. The van der Waals surface area contributed by atoms with E-state index in [1.165, 1.54) is 19.3 Å². The minimum absolute atomic E-state index is 0.00175. The Balaban J connectivity index is 2.90. The van der Waals surface area contributed by atoms with E-state index in [1.54, 1.807) is 6.07 Å². The summed E-state index contributed by atoms with van der Waals surface area (Å²) in [6.07, 6.45) is 4.76. The van der Waals surface area contributed by atoms with E-state index in [-0.39, 0.29) is 16.9 Å². The Morgan fingerprint density at radius 2 is 1.76 bits per heavy atom. The van der Waals surface area contributed by atoms with E-state index in [0.29, 0.717) is 0 Å². The summed E-state index contributed by atoms with van der Waals surface area (Å²) in [6.45, 7) is 8.39. The largest absolute Gasteiger partial charge is 0.504 e. The fourth-order valence-electron chi connectivity index (χ4n) is 2.11. The van der Waals surface area contributed by atoms with Crippen LogP contribution in [0.4, 0.5) is 0 Å². The predicted molar refractivity (Wildman–Crippen MR) is 71.7 cm³/mol. The summed E-state index contributed by atoms with van der Waals surface area (Å²) in [4.78, 5) is 0. The Bertz CT molecular complexity index is 358. The topological polar surface area (TPSA) is 40.5 Å². The Morgan fingerprint density at radius 1 is 1.12 bits per heavy atom. The van der Waals surface area contributed by atoms with Crippen molar-refractivity contribution in [2.75, 3.05) is 0 Å². The van der Waals surface area contributed by atoms with Crippen molar-refractivity contribution in [2.45, 2.75) is 58.8 Å². The number of hydrogen-bond acceptors (Lipinski definition) is 2. The SMILES string of the molecule is CCCCCC(C)(C)c1cc(C)c(O)c(O)c1. The van der Waals surface area contributed by atoms with E-state index in [2.05, 4.69) is 20.8 Å². The number of unbranched alkanes of at least 4 members (excludes halogenated alkanes) is 2. The van der Waals surface area contributed by atoms with Crippen molar-refractivity contribution in [1.82, 2.24) is 0 Å². The monoisotopic (exact) mass is 236 g/mol. The lowest BCUT2D eigenvalue weighted by molar-refractivity contribution is 0.395. The average Bonchev–Trinajstić information content (AvgIpc) is 2.25. The maximum Gasteiger partial charge on any atom is 0.160 e. The number of rotatable bonds is 5. The van der Waals surface area contributed by atoms with Crippen molar-refractivity contribution in [3.63, 3.8) is 0 Å². The summed E-state index contributed by atoms with van der Waals surface area (Å²) in [6, 6.07) is 3.66. The first-order chi connectivity index (χ1) is 7.88. The van der Waals surface area contributed by atoms with Crippen LogP contribution < -0.4 is 0 Å². The van der Waals surface area contributed by atoms with Crippen LogP contribution in [-0.2, 0) is 5.41 Å². The van der Waals surface area contributed by atoms with Crippen molar-refractivity contribution in [3.05, 3.63) is 23.3 Å². The van der Waals surface area contributed by atoms with E-state index in [0.717, 1.165) is 17.5 Å². The molecule has 0 aliphatic heterocycles. The second-order valence-electron chi connectivity index (χ2n) is 5.50. The molecule has 0 aliphatic rings. The third-order valence-corrected chi connectivity index (χ3v) is 3.47. The molecule has 2 nitrogen and oxygen atoms in total. The number of phenols is 2. The normalized spacial score (nSPS) is 11.8. The molecule has 2 N–H and O–H groups in total. The summed E-state index contributed by atoms with van der Waals surface area (Å²) >= 11 is 0. The zero-order chi connectivity index (χ0) is 13.1. The Morgan fingerprint density at radius 3 is 2.29 bits per heavy atom. The third kappa shape index (κ3) is 3.39. The van der Waals surface area contributed by atoms with Crippen LogP contribution in [0.1, 0.15) is 57.6 Å². The summed E-state index contributed by atoms with van der Waals surface area (Å²) in [5.41, 5.74) is 1.88. The van der Waals surface area contributed by atoms with Gasteiger partial charge in [-0.1, -0.05) is 46.1 Å². The van der Waals surface area contributed by atoms with Gasteiger partial charge in [-0.25, -0.2) is 0 Å². The summed E-state index contributed by atoms with van der Waals surface area (Å²) < 4.78 is 0. The lowest BCUT2D eigenvalue weighted by atomic mass is 9.79. The molecular weight excluding hydrogens is 212 g/mol. The molecule has 0 saturated carbocycles. The van der Waals surface area contributed by atoms with Gasteiger partial charge in [0.1, 0.15) is 0 Å². The quantitative estimate of drug-likeness (QED) is 0.592. The maximum atomic E-state index is 9.67. The van der Waals surface area contributed by atoms with Gasteiger partial charge in [-0.15, -0.1) is 0 Å². The molecule has 0 heterocycles. The van der Waals surface area contributed by atoms with E-state index in [1.807, 2.05) is 13.0 Å². The summed E-state index contributed by atoms with van der Waals surface area (Å²) in [7, 11) is 0. The first-order valence-electron chi connectivity index (χ1n) is 6.41. The maximum absolute atomic E-state index is 9.67. The molecule has 0 amide bonds. The van der Waals surface area contributed by atoms with E-state index in [4.69, 9.17) is 0 Å². The Kier molecular flexibility index (Phi) is 4.44. The summed E-state index contributed by atoms with van der Waals surface area (Å²) in [5, 5.41) is 19.2. The van der Waals surface area contributed by atoms with Gasteiger partial charge in [0.05, 0.1) is 0 Å². The van der Waals surface area contributed by atoms with Crippen molar-refractivity contribution in [3.8, 4) is 11.5 Å². The zero-order valence-corrected chi connectivity index (χ0v) is 11.4. The van der Waals surface area contributed by atoms with Gasteiger partial charge in [0.2, 0.25) is 0 Å². The molecule has 0 saturated heterocycles. The minimum atomic E-state index is -0.0106. The van der Waals surface area contributed by atoms with Gasteiger partial charge in [0.15, 0.2) is 11.5 Å². The van der Waals surface area contributed by atoms with Crippen molar-refractivity contribution in [1.29, 1.82) is 0 Å². The molecule has 2 heteroatoms. The standard InChI is InChI=1S/C15H24O2/c1-5-6-7-8-15(3,4)12-9-11(2)14(17)13(16)10-12/h9-10,16-17H,5-8H2,1-4H3. The van der Waals surface area contributed by atoms with Crippen LogP contribution in [0.25, 0.3) is 0 Å². The fourth-order valence-corrected chi connectivity index (χ4v) is 2.11. The lowest BCUT2D eigenvalue weighted by Crippen LogP contribution is -2.17. The lowest BCUT2D eigenvalue weighted by Gasteiger charge is -2.26. The van der Waals surface area contributed by atoms with Gasteiger partial charge in [0.25, 0.3) is 0 Å². The number of benzene rings is 1. The molecule has 1 aromatic rings. The van der Waals surface area contributed by atoms with Crippen LogP contribution in [-0.4, -0.2) is 10.2 Å². The molecule has 0 bridgehead atoms. The second-order valence-corrected chi connectivity index (χ2v) is 5.50. The van der Waals surface area contributed by atoms with Crippen LogP contribution in [0.2, 0.25) is 0 Å².